The monoisotopic (exact) mass is 283 g/mol. The molecule has 2 amide bonds. The van der Waals surface area contributed by atoms with Crippen LogP contribution in [0.3, 0.4) is 0 Å². The van der Waals surface area contributed by atoms with Crippen LogP contribution in [0.1, 0.15) is 20.7 Å². The van der Waals surface area contributed by atoms with E-state index in [1.165, 1.54) is 0 Å². The standard InChI is InChI=1S/C16H13NO4/c18-9-10-21-14-8-4-3-7-13(14)17-15(19)11-5-1-2-6-12(11)16(17)20/h1-8,18H,9-10H2. The van der Waals surface area contributed by atoms with Gasteiger partial charge >= 0.3 is 0 Å². The van der Waals surface area contributed by atoms with Crippen molar-refractivity contribution in [1.29, 1.82) is 0 Å². The van der Waals surface area contributed by atoms with Crippen molar-refractivity contribution >= 4 is 17.5 Å². The van der Waals surface area contributed by atoms with E-state index in [4.69, 9.17) is 9.84 Å². The van der Waals surface area contributed by atoms with E-state index in [-0.39, 0.29) is 25.0 Å². The number of nitrogens with zero attached hydrogens (tertiary/aromatic N) is 1. The fraction of sp³-hybridized carbons (Fsp3) is 0.125. The van der Waals surface area contributed by atoms with Crippen molar-refractivity contribution in [3.63, 3.8) is 0 Å². The van der Waals surface area contributed by atoms with E-state index in [0.29, 0.717) is 22.6 Å². The van der Waals surface area contributed by atoms with Gasteiger partial charge in [-0.2, -0.15) is 0 Å². The van der Waals surface area contributed by atoms with Crippen molar-refractivity contribution in [2.75, 3.05) is 18.1 Å². The SMILES string of the molecule is O=C1c2ccccc2C(=O)N1c1ccccc1OCCO. The molecule has 21 heavy (non-hydrogen) atoms. The molecule has 1 heterocycles. The van der Waals surface area contributed by atoms with Gasteiger partial charge in [-0.15, -0.1) is 0 Å². The van der Waals surface area contributed by atoms with Crippen LogP contribution in [0, 0.1) is 0 Å². The number of hydrogen-bond acceptors (Lipinski definition) is 4. The average molecular weight is 283 g/mol. The minimum atomic E-state index is -0.365. The predicted octanol–water partition coefficient (Wildman–Crippen LogP) is 1.86. The molecule has 106 valence electrons. The molecule has 2 aromatic carbocycles. The van der Waals surface area contributed by atoms with E-state index in [1.807, 2.05) is 0 Å². The Morgan fingerprint density at radius 1 is 0.905 bits per heavy atom. The molecule has 0 unspecified atom stereocenters. The topological polar surface area (TPSA) is 66.8 Å². The van der Waals surface area contributed by atoms with Crippen LogP contribution < -0.4 is 9.64 Å². The Hall–Kier alpha value is -2.66. The molecule has 1 aliphatic rings. The Labute approximate surface area is 121 Å². The second-order valence-electron chi connectivity index (χ2n) is 4.53. The first kappa shape index (κ1) is 13.3. The number of ether oxygens (including phenoxy) is 1. The molecule has 1 aliphatic heterocycles. The summed E-state index contributed by atoms with van der Waals surface area (Å²) in [5.74, 6) is -0.340. The maximum atomic E-state index is 12.4. The number of anilines is 1. The van der Waals surface area contributed by atoms with Crippen molar-refractivity contribution in [3.05, 3.63) is 59.7 Å². The van der Waals surface area contributed by atoms with Gasteiger partial charge in [-0.05, 0) is 24.3 Å². The Kier molecular flexibility index (Phi) is 3.41. The molecule has 2 aromatic rings. The molecule has 0 aliphatic carbocycles. The summed E-state index contributed by atoms with van der Waals surface area (Å²) >= 11 is 0. The summed E-state index contributed by atoms with van der Waals surface area (Å²) in [6.07, 6.45) is 0. The molecule has 1 N–H and O–H groups in total. The van der Waals surface area contributed by atoms with Crippen LogP contribution in [0.2, 0.25) is 0 Å². The zero-order chi connectivity index (χ0) is 14.8. The van der Waals surface area contributed by atoms with Crippen molar-refractivity contribution in [3.8, 4) is 5.75 Å². The third-order valence-electron chi connectivity index (χ3n) is 3.25. The quantitative estimate of drug-likeness (QED) is 0.870. The van der Waals surface area contributed by atoms with Crippen LogP contribution in [-0.4, -0.2) is 30.1 Å². The van der Waals surface area contributed by atoms with Crippen molar-refractivity contribution < 1.29 is 19.4 Å². The molecule has 0 fully saturated rings. The second kappa shape index (κ2) is 5.38. The first-order chi connectivity index (χ1) is 10.2. The summed E-state index contributed by atoms with van der Waals surface area (Å²) in [6, 6.07) is 13.5. The Morgan fingerprint density at radius 3 is 2.10 bits per heavy atom. The first-order valence-electron chi connectivity index (χ1n) is 6.54. The van der Waals surface area contributed by atoms with Crippen molar-refractivity contribution in [2.45, 2.75) is 0 Å². The number of benzene rings is 2. The lowest BCUT2D eigenvalue weighted by Crippen LogP contribution is -2.29. The molecular weight excluding hydrogens is 270 g/mol. The van der Waals surface area contributed by atoms with Crippen LogP contribution in [0.5, 0.6) is 5.75 Å². The molecule has 0 saturated carbocycles. The molecule has 0 atom stereocenters. The molecule has 0 saturated heterocycles. The molecule has 5 nitrogen and oxygen atoms in total. The first-order valence-corrected chi connectivity index (χ1v) is 6.54. The summed E-state index contributed by atoms with van der Waals surface area (Å²) < 4.78 is 5.40. The number of carbonyl (C=O) groups is 2. The van der Waals surface area contributed by atoms with E-state index in [9.17, 15) is 9.59 Å². The van der Waals surface area contributed by atoms with Gasteiger partial charge in [-0.3, -0.25) is 9.59 Å². The third-order valence-corrected chi connectivity index (χ3v) is 3.25. The molecule has 0 radical (unpaired) electrons. The number of carbonyl (C=O) groups excluding carboxylic acids is 2. The molecule has 3 rings (SSSR count). The van der Waals surface area contributed by atoms with E-state index < -0.39 is 0 Å². The molecular formula is C16H13NO4. The number of fused-ring (bicyclic) bond motifs is 1. The minimum absolute atomic E-state index is 0.0974. The van der Waals surface area contributed by atoms with Gasteiger partial charge < -0.3 is 9.84 Å². The normalized spacial score (nSPS) is 13.5. The smallest absolute Gasteiger partial charge is 0.266 e. The van der Waals surface area contributed by atoms with Crippen LogP contribution >= 0.6 is 0 Å². The molecule has 0 bridgehead atoms. The van der Waals surface area contributed by atoms with E-state index in [0.717, 1.165) is 4.90 Å². The van der Waals surface area contributed by atoms with Gasteiger partial charge in [0.1, 0.15) is 12.4 Å². The lowest BCUT2D eigenvalue weighted by molar-refractivity contribution is 0.0924. The predicted molar refractivity (Wildman–Crippen MR) is 76.6 cm³/mol. The zero-order valence-corrected chi connectivity index (χ0v) is 11.2. The van der Waals surface area contributed by atoms with Crippen LogP contribution in [0.4, 0.5) is 5.69 Å². The number of aliphatic hydroxyl groups is 1. The number of rotatable bonds is 4. The van der Waals surface area contributed by atoms with Gasteiger partial charge in [0, 0.05) is 0 Å². The lowest BCUT2D eigenvalue weighted by Gasteiger charge is -2.18. The minimum Gasteiger partial charge on any atom is -0.489 e. The highest BCUT2D eigenvalue weighted by Gasteiger charge is 2.37. The highest BCUT2D eigenvalue weighted by atomic mass is 16.5. The van der Waals surface area contributed by atoms with E-state index in [1.54, 1.807) is 48.5 Å². The Morgan fingerprint density at radius 2 is 1.48 bits per heavy atom. The highest BCUT2D eigenvalue weighted by Crippen LogP contribution is 2.34. The van der Waals surface area contributed by atoms with Gasteiger partial charge in [-0.25, -0.2) is 4.90 Å². The Balaban J connectivity index is 2.03. The van der Waals surface area contributed by atoms with Crippen LogP contribution in [-0.2, 0) is 0 Å². The maximum Gasteiger partial charge on any atom is 0.266 e. The Bertz CT molecular complexity index is 676. The molecule has 5 heteroatoms. The summed E-state index contributed by atoms with van der Waals surface area (Å²) in [5, 5.41) is 8.86. The van der Waals surface area contributed by atoms with Gasteiger partial charge in [0.25, 0.3) is 11.8 Å². The molecule has 0 spiro atoms. The van der Waals surface area contributed by atoms with Gasteiger partial charge in [0.05, 0.1) is 23.4 Å². The third kappa shape index (κ3) is 2.17. The summed E-state index contributed by atoms with van der Waals surface area (Å²) in [6.45, 7) is -0.0450. The van der Waals surface area contributed by atoms with Gasteiger partial charge in [0.15, 0.2) is 0 Å². The number of hydrogen-bond donors (Lipinski definition) is 1. The zero-order valence-electron chi connectivity index (χ0n) is 11.2. The fourth-order valence-electron chi connectivity index (χ4n) is 2.33. The second-order valence-corrected chi connectivity index (χ2v) is 4.53. The number of amides is 2. The van der Waals surface area contributed by atoms with Crippen molar-refractivity contribution in [2.24, 2.45) is 0 Å². The largest absolute Gasteiger partial charge is 0.489 e. The summed E-state index contributed by atoms with van der Waals surface area (Å²) in [5.41, 5.74) is 1.16. The van der Waals surface area contributed by atoms with Crippen LogP contribution in [0.25, 0.3) is 0 Å². The molecule has 0 aromatic heterocycles. The van der Waals surface area contributed by atoms with Gasteiger partial charge in [-0.1, -0.05) is 24.3 Å². The van der Waals surface area contributed by atoms with E-state index >= 15 is 0 Å². The number of para-hydroxylation sites is 2. The average Bonchev–Trinajstić information content (AvgIpc) is 2.78. The van der Waals surface area contributed by atoms with E-state index in [2.05, 4.69) is 0 Å². The van der Waals surface area contributed by atoms with Crippen LogP contribution in [0.15, 0.2) is 48.5 Å². The number of imide groups is 1. The van der Waals surface area contributed by atoms with Crippen molar-refractivity contribution in [1.82, 2.24) is 0 Å². The number of aliphatic hydroxyl groups excluding tert-OH is 1. The van der Waals surface area contributed by atoms with Gasteiger partial charge in [0.2, 0.25) is 0 Å². The fourth-order valence-corrected chi connectivity index (χ4v) is 2.33. The maximum absolute atomic E-state index is 12.4. The summed E-state index contributed by atoms with van der Waals surface area (Å²) in [7, 11) is 0. The highest BCUT2D eigenvalue weighted by molar-refractivity contribution is 6.34. The summed E-state index contributed by atoms with van der Waals surface area (Å²) in [4.78, 5) is 26.0. The lowest BCUT2D eigenvalue weighted by atomic mass is 10.1.